The minimum absolute atomic E-state index is 0.00253. The largest absolute Gasteiger partial charge is 0.404 e. The zero-order valence-electron chi connectivity index (χ0n) is 16.4. The number of fused-ring (bicyclic) bond motifs is 1. The SMILES string of the molecule is NC1CCC(C(F)(F)F)N(Cc2cccc3c2C(=O)N(C2CCC(=O)NC2=O)C3=O)C1. The van der Waals surface area contributed by atoms with Crippen LogP contribution < -0.4 is 11.1 Å². The van der Waals surface area contributed by atoms with Crippen molar-refractivity contribution in [2.75, 3.05) is 6.54 Å². The van der Waals surface area contributed by atoms with Gasteiger partial charge in [-0.1, -0.05) is 12.1 Å². The van der Waals surface area contributed by atoms with Gasteiger partial charge in [0, 0.05) is 25.6 Å². The molecule has 0 aliphatic carbocycles. The number of nitrogens with two attached hydrogens (primary N) is 1. The second-order valence-corrected chi connectivity index (χ2v) is 8.11. The van der Waals surface area contributed by atoms with Crippen molar-refractivity contribution in [3.8, 4) is 0 Å². The van der Waals surface area contributed by atoms with E-state index in [9.17, 15) is 32.3 Å². The average Bonchev–Trinajstić information content (AvgIpc) is 2.93. The van der Waals surface area contributed by atoms with Gasteiger partial charge in [0.2, 0.25) is 11.8 Å². The first kappa shape index (κ1) is 21.4. The van der Waals surface area contributed by atoms with Crippen LogP contribution >= 0.6 is 0 Å². The van der Waals surface area contributed by atoms with E-state index in [1.54, 1.807) is 0 Å². The Morgan fingerprint density at radius 2 is 1.81 bits per heavy atom. The van der Waals surface area contributed by atoms with Crippen molar-refractivity contribution in [1.29, 1.82) is 0 Å². The van der Waals surface area contributed by atoms with E-state index in [2.05, 4.69) is 5.32 Å². The lowest BCUT2D eigenvalue weighted by Gasteiger charge is -2.39. The fraction of sp³-hybridized carbons (Fsp3) is 0.500. The van der Waals surface area contributed by atoms with E-state index >= 15 is 0 Å². The van der Waals surface area contributed by atoms with E-state index in [0.717, 1.165) is 4.90 Å². The van der Waals surface area contributed by atoms with E-state index < -0.39 is 47.9 Å². The number of benzene rings is 1. The van der Waals surface area contributed by atoms with E-state index in [-0.39, 0.29) is 55.5 Å². The summed E-state index contributed by atoms with van der Waals surface area (Å²) in [6, 6.07) is 1.16. The van der Waals surface area contributed by atoms with Crippen molar-refractivity contribution in [3.05, 3.63) is 34.9 Å². The van der Waals surface area contributed by atoms with Crippen LogP contribution in [0.3, 0.4) is 0 Å². The van der Waals surface area contributed by atoms with Crippen LogP contribution in [0.2, 0.25) is 0 Å². The molecule has 3 aliphatic heterocycles. The van der Waals surface area contributed by atoms with Gasteiger partial charge in [0.15, 0.2) is 0 Å². The summed E-state index contributed by atoms with van der Waals surface area (Å²) in [5, 5.41) is 2.11. The molecule has 1 aromatic rings. The molecule has 2 fully saturated rings. The predicted molar refractivity (Wildman–Crippen MR) is 101 cm³/mol. The summed E-state index contributed by atoms with van der Waals surface area (Å²) < 4.78 is 40.6. The van der Waals surface area contributed by atoms with Crippen LogP contribution in [0.25, 0.3) is 0 Å². The van der Waals surface area contributed by atoms with E-state index in [1.807, 2.05) is 0 Å². The molecule has 3 aliphatic rings. The third-order valence-corrected chi connectivity index (χ3v) is 6.03. The second kappa shape index (κ2) is 7.72. The first-order valence-electron chi connectivity index (χ1n) is 9.97. The van der Waals surface area contributed by atoms with Crippen LogP contribution in [-0.2, 0) is 16.1 Å². The molecule has 3 heterocycles. The van der Waals surface area contributed by atoms with Gasteiger partial charge >= 0.3 is 6.18 Å². The maximum Gasteiger partial charge on any atom is 0.404 e. The van der Waals surface area contributed by atoms with Crippen LogP contribution in [0.1, 0.15) is 52.0 Å². The molecule has 0 spiro atoms. The summed E-state index contributed by atoms with van der Waals surface area (Å²) in [7, 11) is 0. The number of halogens is 3. The number of hydrogen-bond donors (Lipinski definition) is 2. The van der Waals surface area contributed by atoms with E-state index in [0.29, 0.717) is 0 Å². The highest BCUT2D eigenvalue weighted by Crippen LogP contribution is 2.35. The quantitative estimate of drug-likeness (QED) is 0.680. The summed E-state index contributed by atoms with van der Waals surface area (Å²) in [6.45, 7) is -0.198. The number of amides is 4. The Morgan fingerprint density at radius 1 is 1.06 bits per heavy atom. The number of likely N-dealkylation sites (tertiary alicyclic amines) is 1. The van der Waals surface area contributed by atoms with Crippen LogP contribution in [0, 0.1) is 0 Å². The summed E-state index contributed by atoms with van der Waals surface area (Å²) in [4.78, 5) is 51.6. The zero-order chi connectivity index (χ0) is 22.5. The molecule has 0 saturated carbocycles. The Bertz CT molecular complexity index is 964. The van der Waals surface area contributed by atoms with Crippen LogP contribution in [0.4, 0.5) is 13.2 Å². The number of alkyl halides is 3. The molecule has 4 rings (SSSR count). The molecule has 3 unspecified atom stereocenters. The maximum atomic E-state index is 13.5. The molecular formula is C20H21F3N4O4. The third kappa shape index (κ3) is 3.83. The molecular weight excluding hydrogens is 417 g/mol. The van der Waals surface area contributed by atoms with Crippen LogP contribution in [0.15, 0.2) is 18.2 Å². The molecule has 0 bridgehead atoms. The highest BCUT2D eigenvalue weighted by atomic mass is 19.4. The van der Waals surface area contributed by atoms with Gasteiger partial charge in [-0.3, -0.25) is 34.3 Å². The summed E-state index contributed by atoms with van der Waals surface area (Å²) in [5.41, 5.74) is 6.19. The molecule has 8 nitrogen and oxygen atoms in total. The van der Waals surface area contributed by atoms with Crippen molar-refractivity contribution < 1.29 is 32.3 Å². The first-order chi connectivity index (χ1) is 14.6. The molecule has 11 heteroatoms. The molecule has 0 aromatic heterocycles. The van der Waals surface area contributed by atoms with Gasteiger partial charge in [-0.2, -0.15) is 13.2 Å². The van der Waals surface area contributed by atoms with E-state index in [4.69, 9.17) is 5.73 Å². The van der Waals surface area contributed by atoms with Gasteiger partial charge in [0.25, 0.3) is 11.8 Å². The second-order valence-electron chi connectivity index (χ2n) is 8.11. The molecule has 31 heavy (non-hydrogen) atoms. The van der Waals surface area contributed by atoms with Crippen molar-refractivity contribution in [1.82, 2.24) is 15.1 Å². The lowest BCUT2D eigenvalue weighted by atomic mass is 9.96. The summed E-state index contributed by atoms with van der Waals surface area (Å²) in [5.74, 6) is -2.67. The zero-order valence-corrected chi connectivity index (χ0v) is 16.4. The normalized spacial score (nSPS) is 27.5. The van der Waals surface area contributed by atoms with Crippen molar-refractivity contribution >= 4 is 23.6 Å². The molecule has 2 saturated heterocycles. The molecule has 0 radical (unpaired) electrons. The number of nitrogens with one attached hydrogen (secondary N) is 1. The van der Waals surface area contributed by atoms with E-state index in [1.165, 1.54) is 23.1 Å². The maximum absolute atomic E-state index is 13.5. The number of carbonyl (C=O) groups is 4. The third-order valence-electron chi connectivity index (χ3n) is 6.03. The molecule has 3 atom stereocenters. The average molecular weight is 438 g/mol. The lowest BCUT2D eigenvalue weighted by molar-refractivity contribution is -0.193. The Hall–Kier alpha value is -2.79. The van der Waals surface area contributed by atoms with Crippen LogP contribution in [0.5, 0.6) is 0 Å². The van der Waals surface area contributed by atoms with Crippen molar-refractivity contribution in [3.63, 3.8) is 0 Å². The smallest absolute Gasteiger partial charge is 0.327 e. The number of rotatable bonds is 3. The van der Waals surface area contributed by atoms with Crippen LogP contribution in [-0.4, -0.2) is 64.3 Å². The molecule has 3 N–H and O–H groups in total. The highest BCUT2D eigenvalue weighted by molar-refractivity contribution is 6.24. The number of carbonyl (C=O) groups excluding carboxylic acids is 4. The fourth-order valence-electron chi connectivity index (χ4n) is 4.56. The molecule has 1 aromatic carbocycles. The Morgan fingerprint density at radius 3 is 2.48 bits per heavy atom. The fourth-order valence-corrected chi connectivity index (χ4v) is 4.56. The predicted octanol–water partition coefficient (Wildman–Crippen LogP) is 0.942. The molecule has 4 amide bonds. The highest BCUT2D eigenvalue weighted by Gasteiger charge is 2.48. The summed E-state index contributed by atoms with van der Waals surface area (Å²) in [6.07, 6.45) is -4.36. The first-order valence-corrected chi connectivity index (χ1v) is 9.97. The Kier molecular flexibility index (Phi) is 5.34. The molecule has 166 valence electrons. The lowest BCUT2D eigenvalue weighted by Crippen LogP contribution is -2.54. The van der Waals surface area contributed by atoms with Gasteiger partial charge in [-0.15, -0.1) is 0 Å². The minimum Gasteiger partial charge on any atom is -0.327 e. The van der Waals surface area contributed by atoms with Crippen molar-refractivity contribution in [2.24, 2.45) is 5.73 Å². The van der Waals surface area contributed by atoms with Crippen molar-refractivity contribution in [2.45, 2.75) is 56.5 Å². The minimum atomic E-state index is -4.45. The topological polar surface area (TPSA) is 113 Å². The number of piperidine rings is 2. The summed E-state index contributed by atoms with van der Waals surface area (Å²) >= 11 is 0. The number of imide groups is 2. The Labute approximate surface area is 175 Å². The van der Waals surface area contributed by atoms with Gasteiger partial charge in [0.1, 0.15) is 12.1 Å². The van der Waals surface area contributed by atoms with Gasteiger partial charge in [0.05, 0.1) is 11.1 Å². The number of hydrogen-bond acceptors (Lipinski definition) is 6. The number of nitrogens with zero attached hydrogens (tertiary/aromatic N) is 2. The Balaban J connectivity index is 1.64. The van der Waals surface area contributed by atoms with Gasteiger partial charge < -0.3 is 5.73 Å². The van der Waals surface area contributed by atoms with Gasteiger partial charge in [-0.25, -0.2) is 0 Å². The van der Waals surface area contributed by atoms with Gasteiger partial charge in [-0.05, 0) is 30.9 Å². The standard InChI is InChI=1S/C20H21F3N4O4/c21-20(22,23)14-6-4-11(24)9-26(14)8-10-2-1-3-12-16(10)19(31)27(18(12)30)13-5-7-15(28)25-17(13)29/h1-3,11,13-14H,4-9,24H2,(H,25,28,29). The monoisotopic (exact) mass is 438 g/mol.